The Bertz CT molecular complexity index is 987. The first kappa shape index (κ1) is 19.8. The number of benzene rings is 2. The third-order valence-electron chi connectivity index (χ3n) is 4.25. The molecule has 0 atom stereocenters. The van der Waals surface area contributed by atoms with Crippen molar-refractivity contribution < 1.29 is 22.7 Å². The second-order valence-electron chi connectivity index (χ2n) is 6.41. The lowest BCUT2D eigenvalue weighted by Crippen LogP contribution is -2.37. The van der Waals surface area contributed by atoms with Crippen LogP contribution in [0.25, 0.3) is 0 Å². The smallest absolute Gasteiger partial charge is 0.244 e. The molecule has 0 bridgehead atoms. The zero-order valence-corrected chi connectivity index (χ0v) is 16.4. The fourth-order valence-corrected chi connectivity index (χ4v) is 3.66. The molecule has 0 saturated heterocycles. The van der Waals surface area contributed by atoms with Gasteiger partial charge in [-0.25, -0.2) is 12.7 Å². The third-order valence-corrected chi connectivity index (χ3v) is 6.08. The normalized spacial score (nSPS) is 14.2. The van der Waals surface area contributed by atoms with E-state index in [2.05, 4.69) is 5.32 Å². The Labute approximate surface area is 163 Å². The summed E-state index contributed by atoms with van der Waals surface area (Å²) in [5, 5.41) is 2.69. The van der Waals surface area contributed by atoms with Crippen LogP contribution in [0.1, 0.15) is 6.42 Å². The first-order valence-electron chi connectivity index (χ1n) is 8.63. The van der Waals surface area contributed by atoms with Crippen LogP contribution < -0.4 is 15.0 Å². The number of hydrogen-bond acceptors (Lipinski definition) is 5. The van der Waals surface area contributed by atoms with Crippen LogP contribution in [0.2, 0.25) is 0 Å². The highest BCUT2D eigenvalue weighted by atomic mass is 32.2. The number of rotatable bonds is 5. The fourth-order valence-electron chi connectivity index (χ4n) is 2.76. The van der Waals surface area contributed by atoms with Crippen LogP contribution in [0, 0.1) is 0 Å². The summed E-state index contributed by atoms with van der Waals surface area (Å²) in [5.41, 5.74) is 0.988. The Kier molecular flexibility index (Phi) is 5.66. The molecule has 2 aromatic carbocycles. The molecular formula is C19H21N3O5S. The standard InChI is InChI=1S/C19H21N3O5S/c1-21(2)28(25,26)15-9-7-14(8-10-15)20-18(23)13-22-16-5-3-4-6-17(16)27-12-11-19(22)24/h3-10H,11-13H2,1-2H3,(H,20,23). The molecule has 2 aromatic rings. The highest BCUT2D eigenvalue weighted by Crippen LogP contribution is 2.30. The van der Waals surface area contributed by atoms with Crippen molar-refractivity contribution in [2.45, 2.75) is 11.3 Å². The molecule has 0 aromatic heterocycles. The van der Waals surface area contributed by atoms with Gasteiger partial charge in [0.05, 0.1) is 23.6 Å². The zero-order chi connectivity index (χ0) is 20.3. The minimum atomic E-state index is -3.54. The van der Waals surface area contributed by atoms with Crippen molar-refractivity contribution in [1.82, 2.24) is 4.31 Å². The van der Waals surface area contributed by atoms with E-state index >= 15 is 0 Å². The number of ether oxygens (including phenoxy) is 1. The number of para-hydroxylation sites is 2. The van der Waals surface area contributed by atoms with Gasteiger partial charge in [0.15, 0.2) is 0 Å². The molecule has 0 radical (unpaired) electrons. The first-order chi connectivity index (χ1) is 13.3. The molecule has 1 aliphatic rings. The molecule has 0 unspecified atom stereocenters. The number of amides is 2. The summed E-state index contributed by atoms with van der Waals surface area (Å²) in [5.74, 6) is -0.0415. The monoisotopic (exact) mass is 403 g/mol. The first-order valence-corrected chi connectivity index (χ1v) is 10.1. The third kappa shape index (κ3) is 4.15. The van der Waals surface area contributed by atoms with Gasteiger partial charge in [-0.05, 0) is 36.4 Å². The van der Waals surface area contributed by atoms with Gasteiger partial charge >= 0.3 is 0 Å². The van der Waals surface area contributed by atoms with E-state index in [1.54, 1.807) is 24.3 Å². The molecule has 1 heterocycles. The van der Waals surface area contributed by atoms with Crippen LogP contribution in [0.3, 0.4) is 0 Å². The van der Waals surface area contributed by atoms with Crippen LogP contribution in [-0.2, 0) is 19.6 Å². The van der Waals surface area contributed by atoms with E-state index in [1.165, 1.54) is 43.3 Å². The van der Waals surface area contributed by atoms with Crippen molar-refractivity contribution in [2.75, 3.05) is 37.5 Å². The predicted octanol–water partition coefficient (Wildman–Crippen LogP) is 1.69. The van der Waals surface area contributed by atoms with Gasteiger partial charge in [-0.1, -0.05) is 12.1 Å². The van der Waals surface area contributed by atoms with Crippen LogP contribution in [0.15, 0.2) is 53.4 Å². The lowest BCUT2D eigenvalue weighted by Gasteiger charge is -2.21. The predicted molar refractivity (Wildman–Crippen MR) is 105 cm³/mol. The molecule has 8 nitrogen and oxygen atoms in total. The number of nitrogens with one attached hydrogen (secondary N) is 1. The number of carbonyl (C=O) groups excluding carboxylic acids is 2. The Morgan fingerprint density at radius 3 is 2.50 bits per heavy atom. The van der Waals surface area contributed by atoms with Crippen molar-refractivity contribution in [3.8, 4) is 5.75 Å². The van der Waals surface area contributed by atoms with E-state index in [4.69, 9.17) is 4.74 Å². The lowest BCUT2D eigenvalue weighted by atomic mass is 10.2. The Morgan fingerprint density at radius 2 is 1.82 bits per heavy atom. The van der Waals surface area contributed by atoms with Crippen molar-refractivity contribution in [2.24, 2.45) is 0 Å². The average molecular weight is 403 g/mol. The summed E-state index contributed by atoms with van der Waals surface area (Å²) in [6.07, 6.45) is 0.180. The van der Waals surface area contributed by atoms with Gasteiger partial charge in [-0.3, -0.25) is 14.5 Å². The molecular weight excluding hydrogens is 382 g/mol. The molecule has 0 spiro atoms. The van der Waals surface area contributed by atoms with E-state index < -0.39 is 15.9 Å². The highest BCUT2D eigenvalue weighted by Gasteiger charge is 2.25. The summed E-state index contributed by atoms with van der Waals surface area (Å²) >= 11 is 0. The Morgan fingerprint density at radius 1 is 1.14 bits per heavy atom. The van der Waals surface area contributed by atoms with Crippen molar-refractivity contribution in [1.29, 1.82) is 0 Å². The lowest BCUT2D eigenvalue weighted by molar-refractivity contribution is -0.121. The number of nitrogens with zero attached hydrogens (tertiary/aromatic N) is 2. The van der Waals surface area contributed by atoms with Crippen molar-refractivity contribution >= 4 is 33.2 Å². The Hall–Kier alpha value is -2.91. The number of carbonyl (C=O) groups is 2. The summed E-state index contributed by atoms with van der Waals surface area (Å²) in [6, 6.07) is 12.9. The number of hydrogen-bond donors (Lipinski definition) is 1. The molecule has 3 rings (SSSR count). The molecule has 9 heteroatoms. The van der Waals surface area contributed by atoms with Crippen LogP contribution in [0.4, 0.5) is 11.4 Å². The maximum Gasteiger partial charge on any atom is 0.244 e. The van der Waals surface area contributed by atoms with E-state index in [-0.39, 0.29) is 30.4 Å². The largest absolute Gasteiger partial charge is 0.491 e. The summed E-state index contributed by atoms with van der Waals surface area (Å²) in [4.78, 5) is 26.4. The molecule has 2 amide bonds. The van der Waals surface area contributed by atoms with Gasteiger partial charge < -0.3 is 10.1 Å². The van der Waals surface area contributed by atoms with Gasteiger partial charge in [-0.15, -0.1) is 0 Å². The van der Waals surface area contributed by atoms with Crippen LogP contribution in [-0.4, -0.2) is 51.8 Å². The van der Waals surface area contributed by atoms with Crippen LogP contribution in [0.5, 0.6) is 5.75 Å². The summed E-state index contributed by atoms with van der Waals surface area (Å²) in [6.45, 7) is 0.0900. The minimum Gasteiger partial charge on any atom is -0.491 e. The molecule has 0 fully saturated rings. The highest BCUT2D eigenvalue weighted by molar-refractivity contribution is 7.89. The van der Waals surface area contributed by atoms with Gasteiger partial charge in [0.25, 0.3) is 0 Å². The second-order valence-corrected chi connectivity index (χ2v) is 8.56. The van der Waals surface area contributed by atoms with Crippen molar-refractivity contribution in [3.63, 3.8) is 0 Å². The SMILES string of the molecule is CN(C)S(=O)(=O)c1ccc(NC(=O)CN2C(=O)CCOc3ccccc32)cc1. The van der Waals surface area contributed by atoms with Crippen LogP contribution >= 0.6 is 0 Å². The molecule has 1 N–H and O–H groups in total. The number of sulfonamides is 1. The average Bonchev–Trinajstić information content (AvgIpc) is 2.81. The maximum atomic E-state index is 12.5. The van der Waals surface area contributed by atoms with Gasteiger partial charge in [0.2, 0.25) is 21.8 Å². The summed E-state index contributed by atoms with van der Waals surface area (Å²) in [7, 11) is -0.637. The van der Waals surface area contributed by atoms with E-state index in [0.29, 0.717) is 17.1 Å². The molecule has 0 saturated carbocycles. The minimum absolute atomic E-state index is 0.129. The fraction of sp³-hybridized carbons (Fsp3) is 0.263. The molecule has 0 aliphatic carbocycles. The second kappa shape index (κ2) is 7.99. The topological polar surface area (TPSA) is 96.0 Å². The molecule has 28 heavy (non-hydrogen) atoms. The van der Waals surface area contributed by atoms with Gasteiger partial charge in [0.1, 0.15) is 12.3 Å². The van der Waals surface area contributed by atoms with E-state index in [1.807, 2.05) is 0 Å². The molecule has 1 aliphatic heterocycles. The van der Waals surface area contributed by atoms with E-state index in [0.717, 1.165) is 4.31 Å². The zero-order valence-electron chi connectivity index (χ0n) is 15.6. The number of fused-ring (bicyclic) bond motifs is 1. The number of anilines is 2. The maximum absolute atomic E-state index is 12.5. The van der Waals surface area contributed by atoms with E-state index in [9.17, 15) is 18.0 Å². The Balaban J connectivity index is 1.73. The van der Waals surface area contributed by atoms with Gasteiger partial charge in [0, 0.05) is 19.8 Å². The quantitative estimate of drug-likeness (QED) is 0.820. The van der Waals surface area contributed by atoms with Gasteiger partial charge in [-0.2, -0.15) is 0 Å². The molecule has 148 valence electrons. The summed E-state index contributed by atoms with van der Waals surface area (Å²) < 4.78 is 30.9. The van der Waals surface area contributed by atoms with Crippen molar-refractivity contribution in [3.05, 3.63) is 48.5 Å².